The summed E-state index contributed by atoms with van der Waals surface area (Å²) in [6, 6.07) is 15.3. The van der Waals surface area contributed by atoms with Gasteiger partial charge in [-0.05, 0) is 29.8 Å². The Balaban J connectivity index is 2.00. The lowest BCUT2D eigenvalue weighted by Gasteiger charge is -2.05. The minimum absolute atomic E-state index is 0.270. The lowest BCUT2D eigenvalue weighted by atomic mass is 10.0. The molecule has 2 N–H and O–H groups in total. The Hall–Kier alpha value is -3.14. The van der Waals surface area contributed by atoms with Gasteiger partial charge in [-0.2, -0.15) is 0 Å². The molecule has 4 rings (SSSR count). The van der Waals surface area contributed by atoms with Crippen LogP contribution in [0.15, 0.2) is 60.9 Å². The van der Waals surface area contributed by atoms with Crippen LogP contribution in [0.25, 0.3) is 32.9 Å². The third-order valence-electron chi connectivity index (χ3n) is 3.87. The number of carbonyl (C=O) groups is 1. The molecule has 2 heterocycles. The summed E-state index contributed by atoms with van der Waals surface area (Å²) in [5, 5.41) is 11.1. The fourth-order valence-corrected chi connectivity index (χ4v) is 2.81. The maximum absolute atomic E-state index is 11.4. The molecule has 0 spiro atoms. The zero-order chi connectivity index (χ0) is 15.1. The fraction of sp³-hybridized carbons (Fsp3) is 0. The van der Waals surface area contributed by atoms with Crippen LogP contribution in [0, 0.1) is 0 Å². The number of carboxylic acids is 1. The normalized spacial score (nSPS) is 11.1. The molecule has 0 aliphatic carbocycles. The summed E-state index contributed by atoms with van der Waals surface area (Å²) in [6.45, 7) is 0. The average Bonchev–Trinajstić information content (AvgIpc) is 2.97. The van der Waals surface area contributed by atoms with Gasteiger partial charge in [0.05, 0.1) is 11.1 Å². The molecule has 0 bridgehead atoms. The first-order valence-corrected chi connectivity index (χ1v) is 6.92. The monoisotopic (exact) mass is 288 g/mol. The van der Waals surface area contributed by atoms with Crippen LogP contribution < -0.4 is 0 Å². The van der Waals surface area contributed by atoms with Gasteiger partial charge in [0.2, 0.25) is 0 Å². The van der Waals surface area contributed by atoms with Gasteiger partial charge < -0.3 is 10.1 Å². The van der Waals surface area contributed by atoms with Gasteiger partial charge in [-0.15, -0.1) is 0 Å². The van der Waals surface area contributed by atoms with Gasteiger partial charge in [0.25, 0.3) is 0 Å². The van der Waals surface area contributed by atoms with E-state index in [0.717, 1.165) is 22.0 Å². The molecule has 0 aliphatic rings. The summed E-state index contributed by atoms with van der Waals surface area (Å²) < 4.78 is 0. The van der Waals surface area contributed by atoms with Gasteiger partial charge in [-0.3, -0.25) is 4.98 Å². The van der Waals surface area contributed by atoms with E-state index in [0.29, 0.717) is 10.9 Å². The van der Waals surface area contributed by atoms with Gasteiger partial charge in [0.1, 0.15) is 0 Å². The standard InChI is InChI=1S/C18H12N2O2/c21-18(22)13-7-8-19-17-6-5-11(9-14(13)17)15-10-20-16-4-2-1-3-12(15)16/h1-10,20H,(H,21,22). The molecule has 4 nitrogen and oxygen atoms in total. The van der Waals surface area contributed by atoms with Crippen molar-refractivity contribution >= 4 is 27.8 Å². The molecule has 0 aliphatic heterocycles. The van der Waals surface area contributed by atoms with E-state index in [4.69, 9.17) is 0 Å². The van der Waals surface area contributed by atoms with Gasteiger partial charge in [0.15, 0.2) is 0 Å². The molecule has 0 saturated carbocycles. The van der Waals surface area contributed by atoms with Crippen molar-refractivity contribution in [2.24, 2.45) is 0 Å². The van der Waals surface area contributed by atoms with E-state index in [2.05, 4.69) is 9.97 Å². The number of nitrogens with zero attached hydrogens (tertiary/aromatic N) is 1. The van der Waals surface area contributed by atoms with E-state index in [9.17, 15) is 9.90 Å². The van der Waals surface area contributed by atoms with Crippen LogP contribution in [0.2, 0.25) is 0 Å². The third kappa shape index (κ3) is 1.85. The number of H-pyrrole nitrogens is 1. The summed E-state index contributed by atoms with van der Waals surface area (Å²) in [7, 11) is 0. The predicted octanol–water partition coefficient (Wildman–Crippen LogP) is 4.08. The van der Waals surface area contributed by atoms with Crippen LogP contribution in [0.4, 0.5) is 0 Å². The fourth-order valence-electron chi connectivity index (χ4n) is 2.81. The topological polar surface area (TPSA) is 66.0 Å². The van der Waals surface area contributed by atoms with E-state index in [-0.39, 0.29) is 5.56 Å². The number of para-hydroxylation sites is 1. The lowest BCUT2D eigenvalue weighted by Crippen LogP contribution is -1.98. The number of aromatic carboxylic acids is 1. The molecule has 4 heteroatoms. The number of nitrogens with one attached hydrogen (secondary N) is 1. The molecule has 0 saturated heterocycles. The maximum atomic E-state index is 11.4. The third-order valence-corrected chi connectivity index (χ3v) is 3.87. The molecule has 4 aromatic rings. The molecule has 0 fully saturated rings. The Morgan fingerprint density at radius 2 is 1.91 bits per heavy atom. The average molecular weight is 288 g/mol. The van der Waals surface area contributed by atoms with Crippen molar-refractivity contribution < 1.29 is 9.90 Å². The molecular weight excluding hydrogens is 276 g/mol. The van der Waals surface area contributed by atoms with Gasteiger partial charge in [-0.25, -0.2) is 4.79 Å². The van der Waals surface area contributed by atoms with Crippen molar-refractivity contribution in [3.63, 3.8) is 0 Å². The lowest BCUT2D eigenvalue weighted by molar-refractivity contribution is 0.0699. The van der Waals surface area contributed by atoms with Crippen molar-refractivity contribution in [3.05, 3.63) is 66.5 Å². The molecule has 22 heavy (non-hydrogen) atoms. The summed E-state index contributed by atoms with van der Waals surface area (Å²) >= 11 is 0. The maximum Gasteiger partial charge on any atom is 0.336 e. The number of pyridine rings is 1. The molecule has 2 aromatic carbocycles. The van der Waals surface area contributed by atoms with Crippen LogP contribution in [0.5, 0.6) is 0 Å². The van der Waals surface area contributed by atoms with Gasteiger partial charge in [0, 0.05) is 34.2 Å². The quantitative estimate of drug-likeness (QED) is 0.584. The Labute approximate surface area is 126 Å². The second-order valence-corrected chi connectivity index (χ2v) is 5.14. The highest BCUT2D eigenvalue weighted by molar-refractivity contribution is 6.05. The number of hydrogen-bond donors (Lipinski definition) is 2. The SMILES string of the molecule is O=C(O)c1ccnc2ccc(-c3c[nH]c4ccccc34)cc12. The van der Waals surface area contributed by atoms with Crippen molar-refractivity contribution in [1.29, 1.82) is 0 Å². The summed E-state index contributed by atoms with van der Waals surface area (Å²) in [4.78, 5) is 18.9. The van der Waals surface area contributed by atoms with E-state index >= 15 is 0 Å². The number of hydrogen-bond acceptors (Lipinski definition) is 2. The molecule has 0 radical (unpaired) electrons. The van der Waals surface area contributed by atoms with Crippen LogP contribution in [-0.2, 0) is 0 Å². The molecule has 0 amide bonds. The minimum Gasteiger partial charge on any atom is -0.478 e. The van der Waals surface area contributed by atoms with Crippen molar-refractivity contribution in [2.45, 2.75) is 0 Å². The smallest absolute Gasteiger partial charge is 0.336 e. The highest BCUT2D eigenvalue weighted by Gasteiger charge is 2.11. The summed E-state index contributed by atoms with van der Waals surface area (Å²) in [5.74, 6) is -0.941. The Morgan fingerprint density at radius 1 is 1.05 bits per heavy atom. The first-order chi connectivity index (χ1) is 10.7. The Kier molecular flexibility index (Phi) is 2.69. The number of fused-ring (bicyclic) bond motifs is 2. The van der Waals surface area contributed by atoms with E-state index in [1.807, 2.05) is 48.7 Å². The number of benzene rings is 2. The number of aromatic nitrogens is 2. The molecule has 0 atom stereocenters. The zero-order valence-electron chi connectivity index (χ0n) is 11.6. The van der Waals surface area contributed by atoms with Gasteiger partial charge in [-0.1, -0.05) is 24.3 Å². The van der Waals surface area contributed by atoms with Gasteiger partial charge >= 0.3 is 5.97 Å². The molecule has 106 valence electrons. The Morgan fingerprint density at radius 3 is 2.77 bits per heavy atom. The van der Waals surface area contributed by atoms with Crippen LogP contribution in [0.3, 0.4) is 0 Å². The number of aromatic amines is 1. The summed E-state index contributed by atoms with van der Waals surface area (Å²) in [6.07, 6.45) is 3.47. The van der Waals surface area contributed by atoms with E-state index in [1.165, 1.54) is 12.3 Å². The minimum atomic E-state index is -0.941. The van der Waals surface area contributed by atoms with Crippen molar-refractivity contribution in [1.82, 2.24) is 9.97 Å². The second kappa shape index (κ2) is 4.70. The van der Waals surface area contributed by atoms with E-state index in [1.54, 1.807) is 0 Å². The van der Waals surface area contributed by atoms with Crippen molar-refractivity contribution in [3.8, 4) is 11.1 Å². The van der Waals surface area contributed by atoms with E-state index < -0.39 is 5.97 Å². The zero-order valence-corrected chi connectivity index (χ0v) is 11.6. The second-order valence-electron chi connectivity index (χ2n) is 5.14. The largest absolute Gasteiger partial charge is 0.478 e. The highest BCUT2D eigenvalue weighted by Crippen LogP contribution is 2.31. The summed E-state index contributed by atoms with van der Waals surface area (Å²) in [5.41, 5.74) is 4.04. The molecular formula is C18H12N2O2. The number of rotatable bonds is 2. The Bertz CT molecular complexity index is 1020. The predicted molar refractivity (Wildman–Crippen MR) is 86.0 cm³/mol. The first kappa shape index (κ1) is 12.6. The highest BCUT2D eigenvalue weighted by atomic mass is 16.4. The number of carboxylic acid groups (broad SMARTS) is 1. The van der Waals surface area contributed by atoms with Crippen LogP contribution >= 0.6 is 0 Å². The first-order valence-electron chi connectivity index (χ1n) is 6.92. The van der Waals surface area contributed by atoms with Crippen LogP contribution in [-0.4, -0.2) is 21.0 Å². The molecule has 2 aromatic heterocycles. The van der Waals surface area contributed by atoms with Crippen LogP contribution in [0.1, 0.15) is 10.4 Å². The van der Waals surface area contributed by atoms with Crippen molar-refractivity contribution in [2.75, 3.05) is 0 Å². The molecule has 0 unspecified atom stereocenters.